The van der Waals surface area contributed by atoms with E-state index in [9.17, 15) is 4.79 Å². The topological polar surface area (TPSA) is 59.8 Å². The van der Waals surface area contributed by atoms with Crippen molar-refractivity contribution in [1.82, 2.24) is 20.1 Å². The number of nitrogens with one attached hydrogen (secondary N) is 1. The van der Waals surface area contributed by atoms with Crippen molar-refractivity contribution in [2.45, 2.75) is 19.0 Å². The van der Waals surface area contributed by atoms with Crippen LogP contribution in [0.25, 0.3) is 5.69 Å². The molecular formula is C15H18N4OS. The number of aryl methyl sites for hydroxylation is 2. The Morgan fingerprint density at radius 2 is 2.24 bits per heavy atom. The Morgan fingerprint density at radius 3 is 2.95 bits per heavy atom. The Bertz CT molecular complexity index is 651. The standard InChI is InChI=1S/C15H18N4OS/c1-4-8-16-14(20)10-21-15-18-17-12(3)19(15)13-7-5-6-11(2)9-13/h4-7,9H,1,8,10H2,2-3H3,(H,16,20). The van der Waals surface area contributed by atoms with Crippen LogP contribution >= 0.6 is 11.8 Å². The molecule has 1 aromatic heterocycles. The molecule has 110 valence electrons. The lowest BCUT2D eigenvalue weighted by atomic mass is 10.2. The molecule has 0 saturated heterocycles. The van der Waals surface area contributed by atoms with Crippen LogP contribution in [0.5, 0.6) is 0 Å². The van der Waals surface area contributed by atoms with Gasteiger partial charge < -0.3 is 5.32 Å². The molecule has 0 atom stereocenters. The average molecular weight is 302 g/mol. The predicted molar refractivity (Wildman–Crippen MR) is 84.8 cm³/mol. The molecule has 6 heteroatoms. The van der Waals surface area contributed by atoms with E-state index in [0.717, 1.165) is 11.5 Å². The first-order chi connectivity index (χ1) is 10.1. The van der Waals surface area contributed by atoms with Gasteiger partial charge in [-0.2, -0.15) is 0 Å². The second-order valence-corrected chi connectivity index (χ2v) is 5.53. The van der Waals surface area contributed by atoms with Gasteiger partial charge in [0.1, 0.15) is 5.82 Å². The summed E-state index contributed by atoms with van der Waals surface area (Å²) in [5.74, 6) is 1.06. The Morgan fingerprint density at radius 1 is 1.43 bits per heavy atom. The van der Waals surface area contributed by atoms with Gasteiger partial charge >= 0.3 is 0 Å². The molecule has 0 unspecified atom stereocenters. The largest absolute Gasteiger partial charge is 0.352 e. The van der Waals surface area contributed by atoms with Crippen LogP contribution in [-0.2, 0) is 4.79 Å². The van der Waals surface area contributed by atoms with E-state index < -0.39 is 0 Å². The van der Waals surface area contributed by atoms with E-state index in [-0.39, 0.29) is 5.91 Å². The van der Waals surface area contributed by atoms with Crippen molar-refractivity contribution in [2.75, 3.05) is 12.3 Å². The van der Waals surface area contributed by atoms with E-state index in [0.29, 0.717) is 17.5 Å². The number of carbonyl (C=O) groups is 1. The molecule has 0 fully saturated rings. The minimum Gasteiger partial charge on any atom is -0.352 e. The maximum Gasteiger partial charge on any atom is 0.230 e. The minimum atomic E-state index is -0.0451. The molecule has 1 N–H and O–H groups in total. The fourth-order valence-electron chi connectivity index (χ4n) is 1.87. The molecule has 2 rings (SSSR count). The highest BCUT2D eigenvalue weighted by molar-refractivity contribution is 7.99. The minimum absolute atomic E-state index is 0.0451. The molecule has 1 amide bonds. The molecule has 0 radical (unpaired) electrons. The summed E-state index contributed by atoms with van der Waals surface area (Å²) in [6, 6.07) is 8.11. The zero-order chi connectivity index (χ0) is 15.2. The highest BCUT2D eigenvalue weighted by Crippen LogP contribution is 2.22. The predicted octanol–water partition coefficient (Wildman–Crippen LogP) is 2.28. The summed E-state index contributed by atoms with van der Waals surface area (Å²) < 4.78 is 1.96. The molecule has 0 saturated carbocycles. The number of nitrogens with zero attached hydrogens (tertiary/aromatic N) is 3. The molecule has 0 spiro atoms. The van der Waals surface area contributed by atoms with Crippen molar-refractivity contribution in [2.24, 2.45) is 0 Å². The first-order valence-corrected chi connectivity index (χ1v) is 7.60. The quantitative estimate of drug-likeness (QED) is 0.657. The van der Waals surface area contributed by atoms with Crippen LogP contribution in [0.4, 0.5) is 0 Å². The molecule has 0 aliphatic rings. The first-order valence-electron chi connectivity index (χ1n) is 6.61. The van der Waals surface area contributed by atoms with Gasteiger partial charge in [0.05, 0.1) is 5.75 Å². The number of benzene rings is 1. The van der Waals surface area contributed by atoms with Crippen molar-refractivity contribution in [1.29, 1.82) is 0 Å². The zero-order valence-corrected chi connectivity index (χ0v) is 13.0. The lowest BCUT2D eigenvalue weighted by Gasteiger charge is -2.09. The third-order valence-electron chi connectivity index (χ3n) is 2.83. The van der Waals surface area contributed by atoms with Gasteiger partial charge in [-0.25, -0.2) is 0 Å². The fourth-order valence-corrected chi connectivity index (χ4v) is 2.70. The number of rotatable bonds is 6. The Kier molecular flexibility index (Phi) is 5.16. The lowest BCUT2D eigenvalue weighted by Crippen LogP contribution is -2.25. The van der Waals surface area contributed by atoms with Crippen LogP contribution in [-0.4, -0.2) is 33.0 Å². The lowest BCUT2D eigenvalue weighted by molar-refractivity contribution is -0.118. The number of hydrogen-bond acceptors (Lipinski definition) is 4. The van der Waals surface area contributed by atoms with Crippen molar-refractivity contribution >= 4 is 17.7 Å². The van der Waals surface area contributed by atoms with E-state index in [1.165, 1.54) is 17.3 Å². The molecule has 1 aromatic carbocycles. The number of thioether (sulfide) groups is 1. The number of aromatic nitrogens is 3. The van der Waals surface area contributed by atoms with Gasteiger partial charge in [-0.1, -0.05) is 30.0 Å². The second-order valence-electron chi connectivity index (χ2n) is 4.59. The summed E-state index contributed by atoms with van der Waals surface area (Å²) in [4.78, 5) is 11.6. The van der Waals surface area contributed by atoms with Gasteiger partial charge in [-0.05, 0) is 31.5 Å². The van der Waals surface area contributed by atoms with Gasteiger partial charge in [-0.3, -0.25) is 9.36 Å². The normalized spacial score (nSPS) is 10.4. The van der Waals surface area contributed by atoms with Gasteiger partial charge in [-0.15, -0.1) is 16.8 Å². The SMILES string of the molecule is C=CCNC(=O)CSc1nnc(C)n1-c1cccc(C)c1. The maximum absolute atomic E-state index is 11.6. The van der Waals surface area contributed by atoms with E-state index in [1.54, 1.807) is 6.08 Å². The smallest absolute Gasteiger partial charge is 0.230 e. The van der Waals surface area contributed by atoms with Crippen LogP contribution in [0, 0.1) is 13.8 Å². The third-order valence-corrected chi connectivity index (χ3v) is 3.76. The van der Waals surface area contributed by atoms with E-state index in [1.807, 2.05) is 36.6 Å². The maximum atomic E-state index is 11.6. The van der Waals surface area contributed by atoms with Crippen molar-refractivity contribution in [3.63, 3.8) is 0 Å². The summed E-state index contributed by atoms with van der Waals surface area (Å²) in [5.41, 5.74) is 2.17. The number of hydrogen-bond donors (Lipinski definition) is 1. The van der Waals surface area contributed by atoms with Crippen LogP contribution in [0.3, 0.4) is 0 Å². The van der Waals surface area contributed by atoms with Gasteiger partial charge in [0.2, 0.25) is 5.91 Å². The van der Waals surface area contributed by atoms with Gasteiger partial charge in [0.15, 0.2) is 5.16 Å². The van der Waals surface area contributed by atoms with Crippen molar-refractivity contribution in [3.8, 4) is 5.69 Å². The summed E-state index contributed by atoms with van der Waals surface area (Å²) >= 11 is 1.37. The molecule has 0 bridgehead atoms. The highest BCUT2D eigenvalue weighted by atomic mass is 32.2. The van der Waals surface area contributed by atoms with Crippen LogP contribution in [0.15, 0.2) is 42.1 Å². The number of carbonyl (C=O) groups excluding carboxylic acids is 1. The second kappa shape index (κ2) is 7.08. The van der Waals surface area contributed by atoms with E-state index in [2.05, 4.69) is 28.2 Å². The monoisotopic (exact) mass is 302 g/mol. The Labute approximate surface area is 128 Å². The highest BCUT2D eigenvalue weighted by Gasteiger charge is 2.13. The first kappa shape index (κ1) is 15.3. The van der Waals surface area contributed by atoms with Crippen LogP contribution < -0.4 is 5.32 Å². The molecule has 1 heterocycles. The van der Waals surface area contributed by atoms with Crippen molar-refractivity contribution in [3.05, 3.63) is 48.3 Å². The average Bonchev–Trinajstić information content (AvgIpc) is 2.84. The summed E-state index contributed by atoms with van der Waals surface area (Å²) in [5, 5.41) is 11.7. The summed E-state index contributed by atoms with van der Waals surface area (Å²) in [7, 11) is 0. The molecule has 21 heavy (non-hydrogen) atoms. The zero-order valence-electron chi connectivity index (χ0n) is 12.2. The van der Waals surface area contributed by atoms with Gasteiger partial charge in [0, 0.05) is 12.2 Å². The molecule has 0 aliphatic carbocycles. The molecule has 0 aliphatic heterocycles. The molecule has 5 nitrogen and oxygen atoms in total. The van der Waals surface area contributed by atoms with E-state index >= 15 is 0 Å². The van der Waals surface area contributed by atoms with Crippen LogP contribution in [0.1, 0.15) is 11.4 Å². The molecular weight excluding hydrogens is 284 g/mol. The van der Waals surface area contributed by atoms with Gasteiger partial charge in [0.25, 0.3) is 0 Å². The number of amides is 1. The molecule has 2 aromatic rings. The van der Waals surface area contributed by atoms with Crippen molar-refractivity contribution < 1.29 is 4.79 Å². The summed E-state index contributed by atoms with van der Waals surface area (Å²) in [6.07, 6.45) is 1.65. The Balaban J connectivity index is 2.15. The third kappa shape index (κ3) is 3.95. The summed E-state index contributed by atoms with van der Waals surface area (Å²) in [6.45, 7) is 7.98. The van der Waals surface area contributed by atoms with Crippen LogP contribution in [0.2, 0.25) is 0 Å². The Hall–Kier alpha value is -2.08. The fraction of sp³-hybridized carbons (Fsp3) is 0.267. The van der Waals surface area contributed by atoms with E-state index in [4.69, 9.17) is 0 Å².